The van der Waals surface area contributed by atoms with Crippen LogP contribution in [-0.2, 0) is 11.2 Å². The minimum atomic E-state index is -1.05. The Hall–Kier alpha value is -3.65. The number of morpholine rings is 1. The number of rotatable bonds is 7. The van der Waals surface area contributed by atoms with Crippen LogP contribution in [0.3, 0.4) is 0 Å². The number of allylic oxidation sites excluding steroid dienone is 1. The molecular formula is C26H24FN5O. The minimum absolute atomic E-state index is 0.280. The van der Waals surface area contributed by atoms with Gasteiger partial charge in [0, 0.05) is 25.8 Å². The lowest BCUT2D eigenvalue weighted by molar-refractivity contribution is 0.0347. The highest BCUT2D eigenvalue weighted by Crippen LogP contribution is 2.31. The van der Waals surface area contributed by atoms with Gasteiger partial charge in [-0.1, -0.05) is 30.3 Å². The van der Waals surface area contributed by atoms with Gasteiger partial charge in [-0.2, -0.15) is 10.5 Å². The Morgan fingerprint density at radius 1 is 1.09 bits per heavy atom. The van der Waals surface area contributed by atoms with Gasteiger partial charge in [-0.05, 0) is 47.9 Å². The summed E-state index contributed by atoms with van der Waals surface area (Å²) in [6, 6.07) is 19.9. The van der Waals surface area contributed by atoms with Gasteiger partial charge in [0.25, 0.3) is 0 Å². The maximum atomic E-state index is 13.3. The first-order valence-electron chi connectivity index (χ1n) is 10.9. The summed E-state index contributed by atoms with van der Waals surface area (Å²) < 4.78 is 18.8. The number of hydrogen-bond donors (Lipinski definition) is 0. The van der Waals surface area contributed by atoms with Crippen LogP contribution in [0.1, 0.15) is 5.56 Å². The number of benzene rings is 2. The van der Waals surface area contributed by atoms with Crippen LogP contribution < -0.4 is 0 Å². The Bertz CT molecular complexity index is 1120. The van der Waals surface area contributed by atoms with E-state index in [4.69, 9.17) is 14.7 Å². The van der Waals surface area contributed by atoms with E-state index in [0.717, 1.165) is 24.2 Å². The van der Waals surface area contributed by atoms with Crippen LogP contribution in [-0.4, -0.2) is 55.2 Å². The SMILES string of the molecule is N#CC(C#N)C(=Nc1ccccc1)C1(CN2CCOCC2)C=C(Cc2ccc(F)cc2)C=N1. The molecule has 6 nitrogen and oxygen atoms in total. The zero-order valence-electron chi connectivity index (χ0n) is 18.2. The molecule has 0 bridgehead atoms. The summed E-state index contributed by atoms with van der Waals surface area (Å²) in [5, 5.41) is 19.6. The van der Waals surface area contributed by atoms with Gasteiger partial charge in [0.2, 0.25) is 0 Å². The monoisotopic (exact) mass is 441 g/mol. The van der Waals surface area contributed by atoms with Crippen molar-refractivity contribution in [3.63, 3.8) is 0 Å². The average molecular weight is 442 g/mol. The maximum Gasteiger partial charge on any atom is 0.174 e. The number of halogens is 1. The lowest BCUT2D eigenvalue weighted by atomic mass is 9.84. The smallest absolute Gasteiger partial charge is 0.174 e. The molecule has 33 heavy (non-hydrogen) atoms. The highest BCUT2D eigenvalue weighted by Gasteiger charge is 2.42. The van der Waals surface area contributed by atoms with Crippen LogP contribution in [0.5, 0.6) is 0 Å². The van der Waals surface area contributed by atoms with Gasteiger partial charge >= 0.3 is 0 Å². The van der Waals surface area contributed by atoms with Crippen LogP contribution in [0.15, 0.2) is 76.2 Å². The van der Waals surface area contributed by atoms with E-state index in [1.165, 1.54) is 12.1 Å². The molecule has 0 N–H and O–H groups in total. The zero-order chi connectivity index (χ0) is 23.1. The highest BCUT2D eigenvalue weighted by molar-refractivity contribution is 6.06. The average Bonchev–Trinajstić information content (AvgIpc) is 3.25. The molecule has 0 saturated carbocycles. The molecule has 2 aliphatic rings. The number of aliphatic imine (C=N–C) groups is 2. The first kappa shape index (κ1) is 22.5. The van der Waals surface area contributed by atoms with Crippen molar-refractivity contribution in [3.8, 4) is 12.1 Å². The Balaban J connectivity index is 1.75. The number of hydrogen-bond acceptors (Lipinski definition) is 6. The van der Waals surface area contributed by atoms with E-state index in [-0.39, 0.29) is 5.82 Å². The van der Waals surface area contributed by atoms with Crippen LogP contribution >= 0.6 is 0 Å². The molecule has 0 amide bonds. The van der Waals surface area contributed by atoms with Gasteiger partial charge in [0.05, 0.1) is 36.8 Å². The first-order chi connectivity index (χ1) is 16.1. The molecule has 1 unspecified atom stereocenters. The topological polar surface area (TPSA) is 84.8 Å². The fourth-order valence-corrected chi connectivity index (χ4v) is 4.13. The van der Waals surface area contributed by atoms with E-state index < -0.39 is 11.5 Å². The molecule has 2 heterocycles. The molecule has 2 aliphatic heterocycles. The molecule has 2 aromatic carbocycles. The van der Waals surface area contributed by atoms with E-state index in [1.54, 1.807) is 18.3 Å². The largest absolute Gasteiger partial charge is 0.379 e. The third kappa shape index (κ3) is 5.40. The van der Waals surface area contributed by atoms with Crippen molar-refractivity contribution in [2.24, 2.45) is 15.9 Å². The third-order valence-corrected chi connectivity index (χ3v) is 5.76. The Morgan fingerprint density at radius 2 is 1.79 bits per heavy atom. The van der Waals surface area contributed by atoms with Crippen LogP contribution in [0.4, 0.5) is 10.1 Å². The molecule has 0 aromatic heterocycles. The Labute approximate surface area is 193 Å². The van der Waals surface area contributed by atoms with Crippen molar-refractivity contribution in [3.05, 3.63) is 77.6 Å². The van der Waals surface area contributed by atoms with Crippen molar-refractivity contribution in [1.29, 1.82) is 10.5 Å². The fourth-order valence-electron chi connectivity index (χ4n) is 4.13. The standard InChI is InChI=1S/C26H24FN5O/c27-23-8-6-20(7-9-23)14-21-15-26(30-18-21,19-32-10-12-33-13-11-32)25(22(16-28)17-29)31-24-4-2-1-3-5-24/h1-9,15,18,22H,10-14,19H2. The lowest BCUT2D eigenvalue weighted by Crippen LogP contribution is -2.50. The van der Waals surface area contributed by atoms with Gasteiger partial charge in [-0.15, -0.1) is 0 Å². The summed E-state index contributed by atoms with van der Waals surface area (Å²) in [5.41, 5.74) is 2.02. The van der Waals surface area contributed by atoms with E-state index in [1.807, 2.05) is 36.4 Å². The molecule has 1 saturated heterocycles. The van der Waals surface area contributed by atoms with Crippen molar-refractivity contribution in [1.82, 2.24) is 4.90 Å². The minimum Gasteiger partial charge on any atom is -0.379 e. The van der Waals surface area contributed by atoms with E-state index in [0.29, 0.717) is 37.6 Å². The number of nitriles is 2. The van der Waals surface area contributed by atoms with Gasteiger partial charge in [0.1, 0.15) is 11.4 Å². The summed E-state index contributed by atoms with van der Waals surface area (Å²) in [7, 11) is 0. The van der Waals surface area contributed by atoms with Gasteiger partial charge < -0.3 is 4.74 Å². The van der Waals surface area contributed by atoms with Gasteiger partial charge in [-0.25, -0.2) is 4.39 Å². The molecule has 0 radical (unpaired) electrons. The van der Waals surface area contributed by atoms with Crippen molar-refractivity contribution >= 4 is 17.6 Å². The molecule has 1 fully saturated rings. The summed E-state index contributed by atoms with van der Waals surface area (Å²) >= 11 is 0. The summed E-state index contributed by atoms with van der Waals surface area (Å²) in [6.45, 7) is 3.21. The van der Waals surface area contributed by atoms with E-state index >= 15 is 0 Å². The van der Waals surface area contributed by atoms with Crippen LogP contribution in [0, 0.1) is 34.4 Å². The van der Waals surface area contributed by atoms with Gasteiger partial charge in [-0.3, -0.25) is 14.9 Å². The molecule has 166 valence electrons. The second kappa shape index (κ2) is 10.3. The molecule has 0 aliphatic carbocycles. The number of ether oxygens (including phenoxy) is 1. The summed E-state index contributed by atoms with van der Waals surface area (Å²) in [5.74, 6) is -1.33. The second-order valence-corrected chi connectivity index (χ2v) is 8.12. The van der Waals surface area contributed by atoms with Crippen molar-refractivity contribution in [2.75, 3.05) is 32.8 Å². The quantitative estimate of drug-likeness (QED) is 0.610. The lowest BCUT2D eigenvalue weighted by Gasteiger charge is -2.35. The third-order valence-electron chi connectivity index (χ3n) is 5.76. The Morgan fingerprint density at radius 3 is 2.45 bits per heavy atom. The second-order valence-electron chi connectivity index (χ2n) is 8.12. The first-order valence-corrected chi connectivity index (χ1v) is 10.9. The maximum absolute atomic E-state index is 13.3. The molecule has 1 atom stereocenters. The predicted molar refractivity (Wildman–Crippen MR) is 125 cm³/mol. The summed E-state index contributed by atoms with van der Waals surface area (Å²) in [6.07, 6.45) is 4.36. The van der Waals surface area contributed by atoms with Crippen LogP contribution in [0.25, 0.3) is 0 Å². The normalized spacial score (nSPS) is 21.0. The molecule has 2 aromatic rings. The van der Waals surface area contributed by atoms with Crippen molar-refractivity contribution in [2.45, 2.75) is 12.0 Å². The van der Waals surface area contributed by atoms with Crippen molar-refractivity contribution < 1.29 is 9.13 Å². The zero-order valence-corrected chi connectivity index (χ0v) is 18.2. The van der Waals surface area contributed by atoms with E-state index in [9.17, 15) is 14.9 Å². The summed E-state index contributed by atoms with van der Waals surface area (Å²) in [4.78, 5) is 11.9. The number of para-hydroxylation sites is 1. The molecule has 0 spiro atoms. The van der Waals surface area contributed by atoms with E-state index in [2.05, 4.69) is 17.0 Å². The molecule has 4 rings (SSSR count). The fraction of sp³-hybridized carbons (Fsp3) is 0.308. The van der Waals surface area contributed by atoms with Crippen LogP contribution in [0.2, 0.25) is 0 Å². The van der Waals surface area contributed by atoms with Gasteiger partial charge in [0.15, 0.2) is 5.92 Å². The molecular weight excluding hydrogens is 417 g/mol. The molecule has 7 heteroatoms. The number of nitrogens with zero attached hydrogens (tertiary/aromatic N) is 5. The Kier molecular flexibility index (Phi) is 7.04. The predicted octanol–water partition coefficient (Wildman–Crippen LogP) is 3.89. The highest BCUT2D eigenvalue weighted by atomic mass is 19.1.